The van der Waals surface area contributed by atoms with E-state index in [9.17, 15) is 19.7 Å². The summed E-state index contributed by atoms with van der Waals surface area (Å²) in [7, 11) is 0. The fourth-order valence-corrected chi connectivity index (χ4v) is 3.16. The monoisotopic (exact) mass is 379 g/mol. The Morgan fingerprint density at radius 1 is 1.04 bits per heavy atom. The minimum Gasteiger partial charge on any atom is -0.349 e. The van der Waals surface area contributed by atoms with Gasteiger partial charge < -0.3 is 10.2 Å². The maximum atomic E-state index is 12.4. The van der Waals surface area contributed by atoms with E-state index < -0.39 is 4.92 Å². The van der Waals surface area contributed by atoms with Crippen molar-refractivity contribution in [3.63, 3.8) is 0 Å². The number of nitrogens with one attached hydrogen (secondary N) is 1. The van der Waals surface area contributed by atoms with Gasteiger partial charge in [0.25, 0.3) is 11.6 Å². The van der Waals surface area contributed by atoms with Crippen LogP contribution in [-0.4, -0.2) is 40.8 Å². The lowest BCUT2D eigenvalue weighted by molar-refractivity contribution is -0.385. The largest absolute Gasteiger partial charge is 0.349 e. The SMILES string of the molecule is O=C(NC1CCN(C(=O)C=Cc2ccccc2[N+](=O)[O-])CC1)c1ccccc1. The third kappa shape index (κ3) is 4.82. The maximum Gasteiger partial charge on any atom is 0.276 e. The van der Waals surface area contributed by atoms with Crippen LogP contribution in [0.15, 0.2) is 60.7 Å². The third-order valence-corrected chi connectivity index (χ3v) is 4.72. The van der Waals surface area contributed by atoms with Gasteiger partial charge in [-0.3, -0.25) is 19.7 Å². The highest BCUT2D eigenvalue weighted by molar-refractivity contribution is 5.94. The molecule has 0 bridgehead atoms. The van der Waals surface area contributed by atoms with Crippen LogP contribution in [-0.2, 0) is 4.79 Å². The molecule has 1 saturated heterocycles. The molecule has 2 amide bonds. The standard InChI is InChI=1S/C21H21N3O4/c25-20(11-10-16-6-4-5-9-19(16)24(27)28)23-14-12-18(13-15-23)22-21(26)17-7-2-1-3-8-17/h1-11,18H,12-15H2,(H,22,26). The zero-order chi connectivity index (χ0) is 19.9. The first-order chi connectivity index (χ1) is 13.5. The van der Waals surface area contributed by atoms with Crippen molar-refractivity contribution in [1.29, 1.82) is 0 Å². The highest BCUT2D eigenvalue weighted by atomic mass is 16.6. The lowest BCUT2D eigenvalue weighted by Gasteiger charge is -2.31. The molecule has 1 N–H and O–H groups in total. The van der Waals surface area contributed by atoms with Crippen molar-refractivity contribution in [2.24, 2.45) is 0 Å². The number of nitro benzene ring substituents is 1. The predicted molar refractivity (Wildman–Crippen MR) is 106 cm³/mol. The number of piperidine rings is 1. The molecule has 0 aliphatic carbocycles. The molecular weight excluding hydrogens is 358 g/mol. The first-order valence-corrected chi connectivity index (χ1v) is 9.11. The number of likely N-dealkylation sites (tertiary alicyclic amines) is 1. The van der Waals surface area contributed by atoms with E-state index in [-0.39, 0.29) is 23.5 Å². The summed E-state index contributed by atoms with van der Waals surface area (Å²) in [6.45, 7) is 1.06. The zero-order valence-corrected chi connectivity index (χ0v) is 15.3. The number of rotatable bonds is 5. The Hall–Kier alpha value is -3.48. The van der Waals surface area contributed by atoms with E-state index in [1.54, 1.807) is 35.2 Å². The summed E-state index contributed by atoms with van der Waals surface area (Å²) in [6.07, 6.45) is 4.18. The van der Waals surface area contributed by atoms with Gasteiger partial charge in [0.05, 0.1) is 10.5 Å². The molecule has 0 aromatic heterocycles. The van der Waals surface area contributed by atoms with E-state index in [1.165, 1.54) is 18.2 Å². The molecule has 0 unspecified atom stereocenters. The van der Waals surface area contributed by atoms with Gasteiger partial charge in [0.15, 0.2) is 0 Å². The van der Waals surface area contributed by atoms with Gasteiger partial charge in [-0.1, -0.05) is 30.3 Å². The van der Waals surface area contributed by atoms with Crippen LogP contribution in [0.25, 0.3) is 6.08 Å². The van der Waals surface area contributed by atoms with Crippen LogP contribution in [0.3, 0.4) is 0 Å². The van der Waals surface area contributed by atoms with Crippen molar-refractivity contribution in [1.82, 2.24) is 10.2 Å². The van der Waals surface area contributed by atoms with E-state index in [4.69, 9.17) is 0 Å². The molecule has 0 radical (unpaired) electrons. The molecule has 0 saturated carbocycles. The molecule has 1 fully saturated rings. The number of amides is 2. The molecule has 7 heteroatoms. The lowest BCUT2D eigenvalue weighted by Crippen LogP contribution is -2.46. The highest BCUT2D eigenvalue weighted by Crippen LogP contribution is 2.19. The van der Waals surface area contributed by atoms with Gasteiger partial charge in [0.1, 0.15) is 0 Å². The quantitative estimate of drug-likeness (QED) is 0.491. The van der Waals surface area contributed by atoms with E-state index in [0.29, 0.717) is 37.1 Å². The Morgan fingerprint density at radius 3 is 2.36 bits per heavy atom. The second-order valence-corrected chi connectivity index (χ2v) is 6.59. The topological polar surface area (TPSA) is 92.6 Å². The van der Waals surface area contributed by atoms with Crippen LogP contribution < -0.4 is 5.32 Å². The van der Waals surface area contributed by atoms with Gasteiger partial charge in [0.2, 0.25) is 5.91 Å². The van der Waals surface area contributed by atoms with Crippen molar-refractivity contribution >= 4 is 23.6 Å². The molecule has 144 valence electrons. The van der Waals surface area contributed by atoms with Crippen molar-refractivity contribution in [3.05, 3.63) is 81.9 Å². The van der Waals surface area contributed by atoms with Crippen LogP contribution in [0.1, 0.15) is 28.8 Å². The predicted octanol–water partition coefficient (Wildman–Crippen LogP) is 3.03. The van der Waals surface area contributed by atoms with Gasteiger partial charge in [0, 0.05) is 36.8 Å². The van der Waals surface area contributed by atoms with Gasteiger partial charge >= 0.3 is 0 Å². The molecule has 2 aromatic rings. The number of carbonyl (C=O) groups is 2. The minimum atomic E-state index is -0.467. The molecule has 3 rings (SSSR count). The Labute approximate surface area is 162 Å². The van der Waals surface area contributed by atoms with Crippen LogP contribution in [0.2, 0.25) is 0 Å². The van der Waals surface area contributed by atoms with Gasteiger partial charge in [-0.05, 0) is 37.1 Å². The zero-order valence-electron chi connectivity index (χ0n) is 15.3. The molecule has 0 spiro atoms. The fraction of sp³-hybridized carbons (Fsp3) is 0.238. The van der Waals surface area contributed by atoms with Crippen LogP contribution in [0.5, 0.6) is 0 Å². The fourth-order valence-electron chi connectivity index (χ4n) is 3.16. The normalized spacial score (nSPS) is 14.8. The molecular formula is C21H21N3O4. The summed E-state index contributed by atoms with van der Waals surface area (Å²) in [5.74, 6) is -0.298. The summed E-state index contributed by atoms with van der Waals surface area (Å²) in [5.41, 5.74) is 0.980. The summed E-state index contributed by atoms with van der Waals surface area (Å²) in [5, 5.41) is 14.0. The summed E-state index contributed by atoms with van der Waals surface area (Å²) >= 11 is 0. The average molecular weight is 379 g/mol. The van der Waals surface area contributed by atoms with Gasteiger partial charge in [-0.25, -0.2) is 0 Å². The van der Waals surface area contributed by atoms with Gasteiger partial charge in [-0.2, -0.15) is 0 Å². The van der Waals surface area contributed by atoms with E-state index >= 15 is 0 Å². The van der Waals surface area contributed by atoms with Crippen LogP contribution >= 0.6 is 0 Å². The Morgan fingerprint density at radius 2 is 1.68 bits per heavy atom. The molecule has 7 nitrogen and oxygen atoms in total. The number of nitrogens with zero attached hydrogens (tertiary/aromatic N) is 2. The minimum absolute atomic E-state index is 0.0240. The molecule has 28 heavy (non-hydrogen) atoms. The van der Waals surface area contributed by atoms with Crippen LogP contribution in [0, 0.1) is 10.1 Å². The number of benzene rings is 2. The first-order valence-electron chi connectivity index (χ1n) is 9.11. The molecule has 1 aliphatic heterocycles. The molecule has 2 aromatic carbocycles. The first kappa shape index (κ1) is 19.3. The van der Waals surface area contributed by atoms with Crippen LogP contribution in [0.4, 0.5) is 5.69 Å². The number of hydrogen-bond donors (Lipinski definition) is 1. The van der Waals surface area contributed by atoms with Crippen molar-refractivity contribution < 1.29 is 14.5 Å². The number of hydrogen-bond acceptors (Lipinski definition) is 4. The van der Waals surface area contributed by atoms with Crippen molar-refractivity contribution in [2.75, 3.05) is 13.1 Å². The van der Waals surface area contributed by atoms with E-state index in [2.05, 4.69) is 5.32 Å². The summed E-state index contributed by atoms with van der Waals surface area (Å²) < 4.78 is 0. The van der Waals surface area contributed by atoms with E-state index in [1.807, 2.05) is 18.2 Å². The third-order valence-electron chi connectivity index (χ3n) is 4.72. The van der Waals surface area contributed by atoms with Gasteiger partial charge in [-0.15, -0.1) is 0 Å². The summed E-state index contributed by atoms with van der Waals surface area (Å²) in [4.78, 5) is 36.9. The molecule has 1 heterocycles. The lowest BCUT2D eigenvalue weighted by atomic mass is 10.0. The average Bonchev–Trinajstić information content (AvgIpc) is 2.73. The van der Waals surface area contributed by atoms with Crippen molar-refractivity contribution in [2.45, 2.75) is 18.9 Å². The Kier molecular flexibility index (Phi) is 6.16. The second-order valence-electron chi connectivity index (χ2n) is 6.59. The van der Waals surface area contributed by atoms with Crippen molar-refractivity contribution in [3.8, 4) is 0 Å². The highest BCUT2D eigenvalue weighted by Gasteiger charge is 2.23. The number of nitro groups is 1. The number of para-hydroxylation sites is 1. The Balaban J connectivity index is 1.53. The second kappa shape index (κ2) is 8.94. The summed E-state index contributed by atoms with van der Waals surface area (Å²) in [6, 6.07) is 15.3. The number of carbonyl (C=O) groups excluding carboxylic acids is 2. The molecule has 1 aliphatic rings. The molecule has 0 atom stereocenters. The smallest absolute Gasteiger partial charge is 0.276 e. The Bertz CT molecular complexity index is 888. The maximum absolute atomic E-state index is 12.4. The van der Waals surface area contributed by atoms with E-state index in [0.717, 1.165) is 0 Å².